The van der Waals surface area contributed by atoms with E-state index in [9.17, 15) is 0 Å². The van der Waals surface area contributed by atoms with Crippen molar-refractivity contribution < 1.29 is 2.85 Å². The van der Waals surface area contributed by atoms with Crippen molar-refractivity contribution in [2.24, 2.45) is 0 Å². The van der Waals surface area contributed by atoms with E-state index in [2.05, 4.69) is 15.2 Å². The first-order chi connectivity index (χ1) is 2.50. The first kappa shape index (κ1) is 6.71. The van der Waals surface area contributed by atoms with Gasteiger partial charge in [-0.1, -0.05) is 0 Å². The summed E-state index contributed by atoms with van der Waals surface area (Å²) in [6, 6.07) is 0. The predicted octanol–water partition coefficient (Wildman–Crippen LogP) is -0.351. The van der Waals surface area contributed by atoms with Crippen LogP contribution in [0.2, 0.25) is 0 Å². The van der Waals surface area contributed by atoms with Gasteiger partial charge in [0.2, 0.25) is 0 Å². The fourth-order valence-electron chi connectivity index (χ4n) is 0.167. The zero-order valence-electron chi connectivity index (χ0n) is 5.26. The smallest absolute Gasteiger partial charge is 1.00 e. The minimum atomic E-state index is 0. The third-order valence-corrected chi connectivity index (χ3v) is 0.331. The van der Waals surface area contributed by atoms with Crippen LogP contribution in [-0.2, 0) is 0 Å². The van der Waals surface area contributed by atoms with Crippen LogP contribution in [0.25, 0.3) is 0 Å². The number of aromatic nitrogens is 3. The molecule has 0 bridgehead atoms. The number of rotatable bonds is 0. The van der Waals surface area contributed by atoms with Gasteiger partial charge in [0.15, 0.2) is 0 Å². The van der Waals surface area contributed by atoms with Gasteiger partial charge in [-0.3, -0.25) is 5.10 Å². The molecular weight excluding hydrogens is 203 g/mol. The van der Waals surface area contributed by atoms with Crippen LogP contribution < -0.4 is 0 Å². The molecule has 0 aliphatic heterocycles. The monoisotopic (exact) mass is 209 g/mol. The summed E-state index contributed by atoms with van der Waals surface area (Å²) in [6.07, 6.45) is 2.96. The summed E-state index contributed by atoms with van der Waals surface area (Å²) in [5.41, 5.74) is 0. The Labute approximate surface area is 78.6 Å². The summed E-state index contributed by atoms with van der Waals surface area (Å²) >= 11 is 0. The van der Waals surface area contributed by atoms with Crippen LogP contribution in [0.4, 0.5) is 0 Å². The van der Waals surface area contributed by atoms with Gasteiger partial charge in [-0.05, 0) is 0 Å². The van der Waals surface area contributed by atoms with Crippen molar-refractivity contribution in [3.05, 3.63) is 12.7 Å². The Morgan fingerprint density at radius 3 is 2.67 bits per heavy atom. The van der Waals surface area contributed by atoms with E-state index in [1.807, 2.05) is 0 Å². The fraction of sp³-hybridized carbons (Fsp3) is 0. The van der Waals surface area contributed by atoms with Crippen molar-refractivity contribution in [1.29, 1.82) is 0 Å². The number of aromatic amines is 1. The van der Waals surface area contributed by atoms with Crippen LogP contribution in [0.1, 0.15) is 2.85 Å². The molecule has 30 valence electrons. The van der Waals surface area contributed by atoms with Gasteiger partial charge in [0.05, 0.1) is 0 Å². The second-order valence-corrected chi connectivity index (χ2v) is 0.652. The molecule has 0 radical (unpaired) electrons. The van der Waals surface area contributed by atoms with Gasteiger partial charge in [0, 0.05) is 0 Å². The zero-order chi connectivity index (χ0) is 3.54. The van der Waals surface area contributed by atoms with Crippen LogP contribution in [0, 0.1) is 0 Å². The van der Waals surface area contributed by atoms with E-state index in [1.165, 1.54) is 12.7 Å². The van der Waals surface area contributed by atoms with Gasteiger partial charge in [-0.25, -0.2) is 4.98 Å². The number of H-pyrrole nitrogens is 1. The molecule has 3 nitrogen and oxygen atoms in total. The SMILES string of the molecule is [Ba+2].[H-].[H-].c1nc[nH]n1. The Bertz CT molecular complexity index is 71.8. The van der Waals surface area contributed by atoms with E-state index in [0.717, 1.165) is 0 Å². The molecule has 0 unspecified atom stereocenters. The standard InChI is InChI=1S/C2H3N3.Ba.2H/c1-3-2-5-4-1;;;/h1-2H,(H,3,4,5);;;/q;+2;2*-1. The molecular formula is C2H5BaN3. The second kappa shape index (κ2) is 3.89. The molecule has 1 aromatic rings. The molecule has 1 heterocycles. The molecule has 4 heteroatoms. The Kier molecular flexibility index (Phi) is 4.35. The molecule has 1 rings (SSSR count). The van der Waals surface area contributed by atoms with Gasteiger partial charge < -0.3 is 2.85 Å². The number of hydrogen-bond donors (Lipinski definition) is 1. The average Bonchev–Trinajstić information content (AvgIpc) is 1.76. The van der Waals surface area contributed by atoms with Gasteiger partial charge in [-0.2, -0.15) is 5.10 Å². The molecule has 0 fully saturated rings. The van der Waals surface area contributed by atoms with Crippen molar-refractivity contribution in [1.82, 2.24) is 15.2 Å². The average molecular weight is 208 g/mol. The van der Waals surface area contributed by atoms with Gasteiger partial charge >= 0.3 is 48.9 Å². The Hall–Kier alpha value is 0.711. The quantitative estimate of drug-likeness (QED) is 0.592. The Morgan fingerprint density at radius 1 is 1.67 bits per heavy atom. The molecule has 0 amide bonds. The van der Waals surface area contributed by atoms with Gasteiger partial charge in [0.1, 0.15) is 12.7 Å². The van der Waals surface area contributed by atoms with Gasteiger partial charge in [0.25, 0.3) is 0 Å². The zero-order valence-corrected chi connectivity index (χ0v) is 7.70. The van der Waals surface area contributed by atoms with Crippen molar-refractivity contribution in [2.45, 2.75) is 0 Å². The summed E-state index contributed by atoms with van der Waals surface area (Å²) in [5, 5.41) is 5.99. The van der Waals surface area contributed by atoms with Crippen molar-refractivity contribution in [2.75, 3.05) is 0 Å². The summed E-state index contributed by atoms with van der Waals surface area (Å²) in [7, 11) is 0. The topological polar surface area (TPSA) is 41.6 Å². The van der Waals surface area contributed by atoms with Crippen molar-refractivity contribution in [3.63, 3.8) is 0 Å². The molecule has 0 saturated heterocycles. The summed E-state index contributed by atoms with van der Waals surface area (Å²) in [6.45, 7) is 0. The van der Waals surface area contributed by atoms with Gasteiger partial charge in [-0.15, -0.1) is 0 Å². The van der Waals surface area contributed by atoms with Crippen LogP contribution in [0.5, 0.6) is 0 Å². The Balaban J connectivity index is -0.0000000833. The summed E-state index contributed by atoms with van der Waals surface area (Å²) in [5.74, 6) is 0. The maximum atomic E-state index is 3.56. The summed E-state index contributed by atoms with van der Waals surface area (Å²) in [4.78, 5) is 3.56. The minimum absolute atomic E-state index is 0. The van der Waals surface area contributed by atoms with E-state index in [4.69, 9.17) is 0 Å². The van der Waals surface area contributed by atoms with Crippen molar-refractivity contribution >= 4 is 48.9 Å². The largest absolute Gasteiger partial charge is 2.00 e. The normalized spacial score (nSPS) is 6.67. The molecule has 1 aromatic heterocycles. The van der Waals surface area contributed by atoms with E-state index < -0.39 is 0 Å². The summed E-state index contributed by atoms with van der Waals surface area (Å²) < 4.78 is 0. The molecule has 0 aromatic carbocycles. The molecule has 6 heavy (non-hydrogen) atoms. The first-order valence-corrected chi connectivity index (χ1v) is 1.29. The maximum Gasteiger partial charge on any atom is 2.00 e. The molecule has 0 aliphatic carbocycles. The van der Waals surface area contributed by atoms with Crippen LogP contribution >= 0.6 is 0 Å². The second-order valence-electron chi connectivity index (χ2n) is 0.652. The molecule has 0 spiro atoms. The minimum Gasteiger partial charge on any atom is -1.00 e. The fourth-order valence-corrected chi connectivity index (χ4v) is 0.167. The Morgan fingerprint density at radius 2 is 2.50 bits per heavy atom. The number of nitrogens with one attached hydrogen (secondary N) is 1. The predicted molar refractivity (Wildman–Crippen MR) is 24.4 cm³/mol. The van der Waals surface area contributed by atoms with E-state index in [-0.39, 0.29) is 51.7 Å². The van der Waals surface area contributed by atoms with Crippen LogP contribution in [-0.4, -0.2) is 64.1 Å². The van der Waals surface area contributed by atoms with E-state index >= 15 is 0 Å². The first-order valence-electron chi connectivity index (χ1n) is 1.29. The van der Waals surface area contributed by atoms with Crippen LogP contribution in [0.3, 0.4) is 0 Å². The number of nitrogens with zero attached hydrogens (tertiary/aromatic N) is 2. The van der Waals surface area contributed by atoms with E-state index in [0.29, 0.717) is 0 Å². The molecule has 1 N–H and O–H groups in total. The molecule has 0 atom stereocenters. The molecule has 0 saturated carbocycles. The number of hydrogen-bond acceptors (Lipinski definition) is 2. The van der Waals surface area contributed by atoms with Crippen molar-refractivity contribution in [3.8, 4) is 0 Å². The van der Waals surface area contributed by atoms with E-state index in [1.54, 1.807) is 0 Å². The van der Waals surface area contributed by atoms with Crippen LogP contribution in [0.15, 0.2) is 12.7 Å². The third-order valence-electron chi connectivity index (χ3n) is 0.331. The third kappa shape index (κ3) is 1.99. The molecule has 0 aliphatic rings. The maximum absolute atomic E-state index is 3.56.